The number of hydrogen-bond acceptors (Lipinski definition) is 3. The van der Waals surface area contributed by atoms with Crippen LogP contribution < -0.4 is 4.74 Å². The molecule has 0 aromatic heterocycles. The van der Waals surface area contributed by atoms with Crippen LogP contribution in [0.2, 0.25) is 0 Å². The number of ether oxygens (including phenoxy) is 2. The van der Waals surface area contributed by atoms with E-state index < -0.39 is 0 Å². The summed E-state index contributed by atoms with van der Waals surface area (Å²) in [6, 6.07) is 3.77. The highest BCUT2D eigenvalue weighted by Gasteiger charge is 2.24. The van der Waals surface area contributed by atoms with Gasteiger partial charge in [-0.2, -0.15) is 0 Å². The molecule has 1 aliphatic rings. The lowest BCUT2D eigenvalue weighted by atomic mass is 9.97. The fraction of sp³-hybridized carbons (Fsp3) is 0.364. The third-order valence-corrected chi connectivity index (χ3v) is 2.52. The lowest BCUT2D eigenvalue weighted by molar-refractivity contribution is 0.0475. The minimum absolute atomic E-state index is 0.271. The van der Waals surface area contributed by atoms with E-state index in [0.717, 1.165) is 17.5 Å². The number of cyclic esters (lactones) is 1. The molecule has 1 heterocycles. The second kappa shape index (κ2) is 3.33. The molecule has 14 heavy (non-hydrogen) atoms. The molecule has 0 saturated carbocycles. The first-order chi connectivity index (χ1) is 6.74. The van der Waals surface area contributed by atoms with E-state index in [-0.39, 0.29) is 5.97 Å². The van der Waals surface area contributed by atoms with Crippen LogP contribution in [0.3, 0.4) is 0 Å². The average molecular weight is 192 g/mol. The van der Waals surface area contributed by atoms with E-state index in [1.54, 1.807) is 13.2 Å². The highest BCUT2D eigenvalue weighted by Crippen LogP contribution is 2.29. The molecule has 0 saturated heterocycles. The summed E-state index contributed by atoms with van der Waals surface area (Å²) in [5, 5.41) is 0. The zero-order valence-corrected chi connectivity index (χ0v) is 8.29. The molecule has 0 atom stereocenters. The van der Waals surface area contributed by atoms with Crippen LogP contribution in [0.25, 0.3) is 0 Å². The van der Waals surface area contributed by atoms with E-state index in [4.69, 9.17) is 9.47 Å². The number of fused-ring (bicyclic) bond motifs is 1. The topological polar surface area (TPSA) is 35.5 Å². The average Bonchev–Trinajstić information content (AvgIpc) is 2.20. The Morgan fingerprint density at radius 1 is 1.43 bits per heavy atom. The number of methoxy groups -OCH3 is 1. The Bertz CT molecular complexity index is 382. The monoisotopic (exact) mass is 192 g/mol. The molecule has 0 radical (unpaired) electrons. The predicted molar refractivity (Wildman–Crippen MR) is 51.7 cm³/mol. The van der Waals surface area contributed by atoms with Gasteiger partial charge in [-0.25, -0.2) is 4.79 Å². The lowest BCUT2D eigenvalue weighted by Crippen LogP contribution is -2.19. The second-order valence-corrected chi connectivity index (χ2v) is 3.32. The maximum atomic E-state index is 11.5. The number of carbonyl (C=O) groups excluding carboxylic acids is 1. The normalized spacial score (nSPS) is 14.6. The quantitative estimate of drug-likeness (QED) is 0.635. The highest BCUT2D eigenvalue weighted by atomic mass is 16.5. The molecular weight excluding hydrogens is 180 g/mol. The third kappa shape index (κ3) is 1.25. The molecule has 3 nitrogen and oxygen atoms in total. The second-order valence-electron chi connectivity index (χ2n) is 3.32. The molecule has 0 fully saturated rings. The van der Waals surface area contributed by atoms with E-state index in [1.807, 2.05) is 13.0 Å². The number of aryl methyl sites for hydroxylation is 1. The molecule has 1 aliphatic heterocycles. The van der Waals surface area contributed by atoms with Gasteiger partial charge in [0, 0.05) is 6.42 Å². The lowest BCUT2D eigenvalue weighted by Gasteiger charge is -2.19. The smallest absolute Gasteiger partial charge is 0.342 e. The van der Waals surface area contributed by atoms with Gasteiger partial charge in [0.2, 0.25) is 0 Å². The van der Waals surface area contributed by atoms with Gasteiger partial charge in [-0.3, -0.25) is 0 Å². The third-order valence-electron chi connectivity index (χ3n) is 2.52. The maximum absolute atomic E-state index is 11.5. The van der Waals surface area contributed by atoms with Crippen LogP contribution in [0.5, 0.6) is 5.75 Å². The summed E-state index contributed by atoms with van der Waals surface area (Å²) in [7, 11) is 1.56. The molecule has 0 N–H and O–H groups in total. The standard InChI is InChI=1S/C11H12O3/c1-7-3-4-9(13-2)10-8(7)5-6-14-11(10)12/h3-4H,5-6H2,1-2H3. The summed E-state index contributed by atoms with van der Waals surface area (Å²) in [6.45, 7) is 2.47. The van der Waals surface area contributed by atoms with Gasteiger partial charge < -0.3 is 9.47 Å². The molecule has 2 rings (SSSR count). The zero-order chi connectivity index (χ0) is 10.1. The summed E-state index contributed by atoms with van der Waals surface area (Å²) in [5.41, 5.74) is 2.77. The Hall–Kier alpha value is -1.51. The van der Waals surface area contributed by atoms with E-state index in [1.165, 1.54) is 0 Å². The Morgan fingerprint density at radius 2 is 2.21 bits per heavy atom. The van der Waals surface area contributed by atoms with Crippen molar-refractivity contribution in [3.05, 3.63) is 28.8 Å². The first-order valence-corrected chi connectivity index (χ1v) is 4.57. The van der Waals surface area contributed by atoms with Crippen LogP contribution in [0.4, 0.5) is 0 Å². The van der Waals surface area contributed by atoms with Gasteiger partial charge in [0.1, 0.15) is 11.3 Å². The molecule has 0 aliphatic carbocycles. The Kier molecular flexibility index (Phi) is 2.15. The van der Waals surface area contributed by atoms with Gasteiger partial charge in [0.05, 0.1) is 13.7 Å². The van der Waals surface area contributed by atoms with E-state index in [0.29, 0.717) is 17.9 Å². The summed E-state index contributed by atoms with van der Waals surface area (Å²) in [4.78, 5) is 11.5. The van der Waals surface area contributed by atoms with Crippen molar-refractivity contribution in [2.45, 2.75) is 13.3 Å². The molecule has 0 unspecified atom stereocenters. The number of hydrogen-bond donors (Lipinski definition) is 0. The molecule has 1 aromatic carbocycles. The van der Waals surface area contributed by atoms with Crippen molar-refractivity contribution in [3.8, 4) is 5.75 Å². The van der Waals surface area contributed by atoms with Crippen LogP contribution in [-0.2, 0) is 11.2 Å². The van der Waals surface area contributed by atoms with Gasteiger partial charge in [-0.15, -0.1) is 0 Å². The molecular formula is C11H12O3. The Balaban J connectivity index is 2.64. The Labute approximate surface area is 82.6 Å². The molecule has 3 heteroatoms. The summed E-state index contributed by atoms with van der Waals surface area (Å²) < 4.78 is 10.1. The van der Waals surface area contributed by atoms with Crippen molar-refractivity contribution in [1.29, 1.82) is 0 Å². The van der Waals surface area contributed by atoms with Crippen molar-refractivity contribution in [3.63, 3.8) is 0 Å². The van der Waals surface area contributed by atoms with Gasteiger partial charge in [-0.05, 0) is 24.1 Å². The van der Waals surface area contributed by atoms with Crippen molar-refractivity contribution in [1.82, 2.24) is 0 Å². The molecule has 74 valence electrons. The fourth-order valence-corrected chi connectivity index (χ4v) is 1.76. The first-order valence-electron chi connectivity index (χ1n) is 4.57. The zero-order valence-electron chi connectivity index (χ0n) is 8.29. The van der Waals surface area contributed by atoms with Crippen molar-refractivity contribution >= 4 is 5.97 Å². The van der Waals surface area contributed by atoms with E-state index in [2.05, 4.69) is 0 Å². The van der Waals surface area contributed by atoms with Crippen molar-refractivity contribution in [2.75, 3.05) is 13.7 Å². The largest absolute Gasteiger partial charge is 0.496 e. The maximum Gasteiger partial charge on any atom is 0.342 e. The SMILES string of the molecule is COc1ccc(C)c2c1C(=O)OCC2. The first kappa shape index (κ1) is 9.06. The number of rotatable bonds is 1. The Morgan fingerprint density at radius 3 is 2.93 bits per heavy atom. The molecule has 1 aromatic rings. The summed E-state index contributed by atoms with van der Waals surface area (Å²) in [5.74, 6) is 0.335. The van der Waals surface area contributed by atoms with Gasteiger partial charge in [0.25, 0.3) is 0 Å². The van der Waals surface area contributed by atoms with Crippen LogP contribution >= 0.6 is 0 Å². The van der Waals surface area contributed by atoms with Crippen molar-refractivity contribution < 1.29 is 14.3 Å². The molecule has 0 amide bonds. The molecule has 0 spiro atoms. The minimum atomic E-state index is -0.271. The summed E-state index contributed by atoms with van der Waals surface area (Å²) >= 11 is 0. The van der Waals surface area contributed by atoms with Gasteiger partial charge >= 0.3 is 5.97 Å². The van der Waals surface area contributed by atoms with Gasteiger partial charge in [0.15, 0.2) is 0 Å². The minimum Gasteiger partial charge on any atom is -0.496 e. The number of esters is 1. The number of carbonyl (C=O) groups is 1. The van der Waals surface area contributed by atoms with Crippen LogP contribution in [-0.4, -0.2) is 19.7 Å². The highest BCUT2D eigenvalue weighted by molar-refractivity contribution is 5.95. The van der Waals surface area contributed by atoms with Crippen molar-refractivity contribution in [2.24, 2.45) is 0 Å². The van der Waals surface area contributed by atoms with E-state index in [9.17, 15) is 4.79 Å². The predicted octanol–water partition coefficient (Wildman–Crippen LogP) is 1.72. The van der Waals surface area contributed by atoms with Crippen LogP contribution in [0.1, 0.15) is 21.5 Å². The van der Waals surface area contributed by atoms with Crippen LogP contribution in [0.15, 0.2) is 12.1 Å². The van der Waals surface area contributed by atoms with Gasteiger partial charge in [-0.1, -0.05) is 6.07 Å². The number of benzene rings is 1. The van der Waals surface area contributed by atoms with E-state index >= 15 is 0 Å². The van der Waals surface area contributed by atoms with Crippen LogP contribution in [0, 0.1) is 6.92 Å². The molecule has 0 bridgehead atoms. The fourth-order valence-electron chi connectivity index (χ4n) is 1.76. The summed E-state index contributed by atoms with van der Waals surface area (Å²) in [6.07, 6.45) is 0.782.